The van der Waals surface area contributed by atoms with Crippen molar-refractivity contribution in [1.82, 2.24) is 0 Å². The van der Waals surface area contributed by atoms with Crippen molar-refractivity contribution in [2.75, 3.05) is 0 Å². The summed E-state index contributed by atoms with van der Waals surface area (Å²) < 4.78 is 0. The third-order valence-corrected chi connectivity index (χ3v) is 2.07. The summed E-state index contributed by atoms with van der Waals surface area (Å²) in [6.45, 7) is 1.91. The average molecular weight is 207 g/mol. The summed E-state index contributed by atoms with van der Waals surface area (Å²) in [6, 6.07) is 5.92. The number of hydrogen-bond acceptors (Lipinski definition) is 3. The minimum Gasteiger partial charge on any atom is -0.481 e. The number of carbonyl (C=O) groups is 2. The zero-order chi connectivity index (χ0) is 11.4. The minimum absolute atomic E-state index is 0.336. The maximum Gasteiger partial charge on any atom is 0.305 e. The molecule has 0 saturated carbocycles. The number of hydrogen-bond donors (Lipinski definition) is 2. The summed E-state index contributed by atoms with van der Waals surface area (Å²) in [4.78, 5) is 22.0. The van der Waals surface area contributed by atoms with Crippen molar-refractivity contribution in [3.8, 4) is 0 Å². The second kappa shape index (κ2) is 4.70. The van der Waals surface area contributed by atoms with Gasteiger partial charge in [0, 0.05) is 5.56 Å². The van der Waals surface area contributed by atoms with Gasteiger partial charge in [0.15, 0.2) is 5.78 Å². The van der Waals surface area contributed by atoms with E-state index in [1.54, 1.807) is 24.3 Å². The zero-order valence-electron chi connectivity index (χ0n) is 8.43. The van der Waals surface area contributed by atoms with Crippen molar-refractivity contribution >= 4 is 11.8 Å². The number of carbonyl (C=O) groups excluding carboxylic acids is 1. The van der Waals surface area contributed by atoms with Gasteiger partial charge in [-0.2, -0.15) is 0 Å². The second-order valence-corrected chi connectivity index (χ2v) is 3.43. The Hall–Kier alpha value is -1.68. The number of ketones is 1. The smallest absolute Gasteiger partial charge is 0.305 e. The minimum atomic E-state index is -1.07. The number of aliphatic carboxylic acids is 1. The summed E-state index contributed by atoms with van der Waals surface area (Å²) in [5, 5.41) is 8.49. The second-order valence-electron chi connectivity index (χ2n) is 3.43. The van der Waals surface area contributed by atoms with Gasteiger partial charge in [-0.15, -0.1) is 0 Å². The van der Waals surface area contributed by atoms with E-state index in [0.717, 1.165) is 5.56 Å². The van der Waals surface area contributed by atoms with Crippen LogP contribution in [0.2, 0.25) is 0 Å². The first-order valence-corrected chi connectivity index (χ1v) is 4.59. The van der Waals surface area contributed by atoms with Crippen molar-refractivity contribution in [2.24, 2.45) is 5.73 Å². The van der Waals surface area contributed by atoms with Crippen LogP contribution in [0.4, 0.5) is 0 Å². The highest BCUT2D eigenvalue weighted by Crippen LogP contribution is 2.07. The molecule has 1 atom stereocenters. The fourth-order valence-electron chi connectivity index (χ4n) is 1.21. The van der Waals surface area contributed by atoms with Gasteiger partial charge >= 0.3 is 5.97 Å². The summed E-state index contributed by atoms with van der Waals surface area (Å²) in [5.41, 5.74) is 6.95. The third kappa shape index (κ3) is 3.18. The van der Waals surface area contributed by atoms with Crippen LogP contribution in [0.5, 0.6) is 0 Å². The first-order chi connectivity index (χ1) is 7.00. The quantitative estimate of drug-likeness (QED) is 0.721. The topological polar surface area (TPSA) is 80.4 Å². The van der Waals surface area contributed by atoms with Crippen molar-refractivity contribution in [3.63, 3.8) is 0 Å². The molecule has 0 aromatic heterocycles. The Morgan fingerprint density at radius 2 is 1.87 bits per heavy atom. The van der Waals surface area contributed by atoms with Gasteiger partial charge in [0.1, 0.15) is 0 Å². The van der Waals surface area contributed by atoms with Crippen molar-refractivity contribution in [2.45, 2.75) is 19.4 Å². The Kier molecular flexibility index (Phi) is 3.57. The first kappa shape index (κ1) is 11.4. The molecule has 1 aromatic rings. The number of carboxylic acid groups (broad SMARTS) is 1. The molecule has 0 radical (unpaired) electrons. The van der Waals surface area contributed by atoms with Gasteiger partial charge in [-0.1, -0.05) is 29.8 Å². The molecule has 4 heteroatoms. The SMILES string of the molecule is Cc1ccc(C(=O)C(N)CC(=O)O)cc1. The van der Waals surface area contributed by atoms with E-state index in [1.807, 2.05) is 6.92 Å². The molecule has 0 saturated heterocycles. The molecule has 3 N–H and O–H groups in total. The lowest BCUT2D eigenvalue weighted by atomic mass is 10.0. The molecule has 0 fully saturated rings. The lowest BCUT2D eigenvalue weighted by molar-refractivity contribution is -0.137. The molecule has 1 rings (SSSR count). The van der Waals surface area contributed by atoms with Gasteiger partial charge < -0.3 is 10.8 Å². The van der Waals surface area contributed by atoms with E-state index in [0.29, 0.717) is 5.56 Å². The largest absolute Gasteiger partial charge is 0.481 e. The van der Waals surface area contributed by atoms with Crippen LogP contribution in [0.3, 0.4) is 0 Å². The van der Waals surface area contributed by atoms with E-state index >= 15 is 0 Å². The van der Waals surface area contributed by atoms with Gasteiger partial charge in [-0.05, 0) is 6.92 Å². The predicted octanol–water partition coefficient (Wildman–Crippen LogP) is 0.980. The molecule has 0 aliphatic heterocycles. The molecular formula is C11H13NO3. The van der Waals surface area contributed by atoms with Gasteiger partial charge in [-0.3, -0.25) is 9.59 Å². The van der Waals surface area contributed by atoms with Gasteiger partial charge in [0.05, 0.1) is 12.5 Å². The van der Waals surface area contributed by atoms with E-state index in [4.69, 9.17) is 10.8 Å². The van der Waals surface area contributed by atoms with Gasteiger partial charge in [0.2, 0.25) is 0 Å². The molecule has 0 spiro atoms. The maximum atomic E-state index is 11.6. The molecule has 0 aliphatic rings. The molecule has 0 amide bonds. The standard InChI is InChI=1S/C11H13NO3/c1-7-2-4-8(5-3-7)11(15)9(12)6-10(13)14/h2-5,9H,6,12H2,1H3,(H,13,14). The summed E-state index contributed by atoms with van der Waals surface area (Å²) in [5.74, 6) is -1.40. The van der Waals surface area contributed by atoms with Gasteiger partial charge in [-0.25, -0.2) is 0 Å². The van der Waals surface area contributed by atoms with Crippen LogP contribution in [0.15, 0.2) is 24.3 Å². The van der Waals surface area contributed by atoms with Crippen molar-refractivity contribution in [1.29, 1.82) is 0 Å². The highest BCUT2D eigenvalue weighted by molar-refractivity contribution is 6.01. The van der Waals surface area contributed by atoms with Crippen molar-refractivity contribution in [3.05, 3.63) is 35.4 Å². The fraction of sp³-hybridized carbons (Fsp3) is 0.273. The zero-order valence-corrected chi connectivity index (χ0v) is 8.43. The lowest BCUT2D eigenvalue weighted by Gasteiger charge is -2.07. The predicted molar refractivity (Wildman–Crippen MR) is 55.7 cm³/mol. The highest BCUT2D eigenvalue weighted by atomic mass is 16.4. The lowest BCUT2D eigenvalue weighted by Crippen LogP contribution is -2.32. The van der Waals surface area contributed by atoms with Crippen LogP contribution in [0.1, 0.15) is 22.3 Å². The average Bonchev–Trinajstić information content (AvgIpc) is 2.17. The Morgan fingerprint density at radius 3 is 2.33 bits per heavy atom. The maximum absolute atomic E-state index is 11.6. The number of rotatable bonds is 4. The van der Waals surface area contributed by atoms with Gasteiger partial charge in [0.25, 0.3) is 0 Å². The molecule has 1 aromatic carbocycles. The Balaban J connectivity index is 2.76. The van der Waals surface area contributed by atoms with Crippen LogP contribution >= 0.6 is 0 Å². The number of Topliss-reactive ketones (excluding diaryl/α,β-unsaturated/α-hetero) is 1. The summed E-state index contributed by atoms with van der Waals surface area (Å²) in [6.07, 6.45) is -0.341. The van der Waals surface area contributed by atoms with E-state index in [2.05, 4.69) is 0 Å². The third-order valence-electron chi connectivity index (χ3n) is 2.07. The molecule has 0 aliphatic carbocycles. The Morgan fingerprint density at radius 1 is 1.33 bits per heavy atom. The molecule has 4 nitrogen and oxygen atoms in total. The molecule has 1 unspecified atom stereocenters. The fourth-order valence-corrected chi connectivity index (χ4v) is 1.21. The molecule has 15 heavy (non-hydrogen) atoms. The molecule has 80 valence electrons. The van der Waals surface area contributed by atoms with E-state index < -0.39 is 12.0 Å². The van der Waals surface area contributed by atoms with Crippen LogP contribution in [-0.4, -0.2) is 22.9 Å². The van der Waals surface area contributed by atoms with Crippen LogP contribution in [0, 0.1) is 6.92 Å². The Bertz CT molecular complexity index is 370. The first-order valence-electron chi connectivity index (χ1n) is 4.59. The molecule has 0 bridgehead atoms. The molecule has 0 heterocycles. The monoisotopic (exact) mass is 207 g/mol. The number of aryl methyl sites for hydroxylation is 1. The van der Waals surface area contributed by atoms with E-state index in [-0.39, 0.29) is 12.2 Å². The van der Waals surface area contributed by atoms with Crippen molar-refractivity contribution < 1.29 is 14.7 Å². The normalized spacial score (nSPS) is 12.1. The summed E-state index contributed by atoms with van der Waals surface area (Å²) >= 11 is 0. The van der Waals surface area contributed by atoms with Crippen LogP contribution < -0.4 is 5.73 Å². The molecular weight excluding hydrogens is 194 g/mol. The van der Waals surface area contributed by atoms with Crippen LogP contribution in [-0.2, 0) is 4.79 Å². The number of benzene rings is 1. The van der Waals surface area contributed by atoms with E-state index in [9.17, 15) is 9.59 Å². The van der Waals surface area contributed by atoms with E-state index in [1.165, 1.54) is 0 Å². The van der Waals surface area contributed by atoms with Crippen LogP contribution in [0.25, 0.3) is 0 Å². The Labute approximate surface area is 87.7 Å². The highest BCUT2D eigenvalue weighted by Gasteiger charge is 2.18. The number of carboxylic acids is 1. The number of nitrogens with two attached hydrogens (primary N) is 1. The summed E-state index contributed by atoms with van der Waals surface area (Å²) in [7, 11) is 0.